The van der Waals surface area contributed by atoms with Crippen LogP contribution in [0.2, 0.25) is 0 Å². The van der Waals surface area contributed by atoms with Gasteiger partial charge in [-0.1, -0.05) is 0 Å². The Morgan fingerprint density at radius 3 is 2.89 bits per heavy atom. The zero-order valence-corrected chi connectivity index (χ0v) is 6.10. The SMILES string of the molecule is Cc1nccc(CS)n1. The van der Waals surface area contributed by atoms with Crippen LogP contribution in [0.1, 0.15) is 11.5 Å². The molecule has 1 aromatic rings. The van der Waals surface area contributed by atoms with Crippen LogP contribution >= 0.6 is 12.6 Å². The predicted octanol–water partition coefficient (Wildman–Crippen LogP) is 1.21. The molecule has 0 N–H and O–H groups in total. The average Bonchev–Trinajstić information content (AvgIpc) is 1.88. The molecule has 0 aromatic carbocycles. The third-order valence-electron chi connectivity index (χ3n) is 0.996. The topological polar surface area (TPSA) is 25.8 Å². The van der Waals surface area contributed by atoms with Crippen LogP contribution in [0.4, 0.5) is 0 Å². The second-order valence-electron chi connectivity index (χ2n) is 1.75. The highest BCUT2D eigenvalue weighted by Crippen LogP contribution is 1.96. The van der Waals surface area contributed by atoms with E-state index in [4.69, 9.17) is 0 Å². The molecule has 0 aliphatic heterocycles. The minimum absolute atomic E-state index is 0.684. The van der Waals surface area contributed by atoms with E-state index in [0.29, 0.717) is 5.75 Å². The summed E-state index contributed by atoms with van der Waals surface area (Å²) in [5.74, 6) is 1.49. The van der Waals surface area contributed by atoms with Gasteiger partial charge in [-0.3, -0.25) is 0 Å². The molecule has 1 heterocycles. The minimum atomic E-state index is 0.684. The van der Waals surface area contributed by atoms with Gasteiger partial charge >= 0.3 is 0 Å². The maximum absolute atomic E-state index is 4.10. The summed E-state index contributed by atoms with van der Waals surface area (Å²) >= 11 is 4.07. The Morgan fingerprint density at radius 1 is 1.67 bits per heavy atom. The van der Waals surface area contributed by atoms with E-state index in [1.54, 1.807) is 6.20 Å². The van der Waals surface area contributed by atoms with Gasteiger partial charge in [0.1, 0.15) is 5.82 Å². The number of nitrogens with zero attached hydrogens (tertiary/aromatic N) is 2. The minimum Gasteiger partial charge on any atom is -0.242 e. The molecule has 3 heteroatoms. The fourth-order valence-corrected chi connectivity index (χ4v) is 0.769. The van der Waals surface area contributed by atoms with Crippen molar-refractivity contribution in [2.75, 3.05) is 0 Å². The molecule has 0 fully saturated rings. The number of rotatable bonds is 1. The molecule has 0 bridgehead atoms. The van der Waals surface area contributed by atoms with Gasteiger partial charge in [-0.05, 0) is 13.0 Å². The Bertz CT molecular complexity index is 200. The van der Waals surface area contributed by atoms with E-state index < -0.39 is 0 Å². The lowest BCUT2D eigenvalue weighted by molar-refractivity contribution is 1.00. The Kier molecular flexibility index (Phi) is 2.05. The molecule has 48 valence electrons. The summed E-state index contributed by atoms with van der Waals surface area (Å²) in [6, 6.07) is 1.86. The Balaban J connectivity index is 2.94. The summed E-state index contributed by atoms with van der Waals surface area (Å²) < 4.78 is 0. The number of aryl methyl sites for hydroxylation is 1. The van der Waals surface area contributed by atoms with Crippen molar-refractivity contribution in [2.24, 2.45) is 0 Å². The summed E-state index contributed by atoms with van der Waals surface area (Å²) in [5.41, 5.74) is 0.978. The van der Waals surface area contributed by atoms with E-state index >= 15 is 0 Å². The van der Waals surface area contributed by atoms with Gasteiger partial charge in [0, 0.05) is 11.9 Å². The first kappa shape index (κ1) is 6.55. The number of hydrogen-bond donors (Lipinski definition) is 1. The second kappa shape index (κ2) is 2.82. The third-order valence-corrected chi connectivity index (χ3v) is 1.32. The first-order valence-electron chi connectivity index (χ1n) is 2.72. The normalized spacial score (nSPS) is 9.56. The highest BCUT2D eigenvalue weighted by molar-refractivity contribution is 7.79. The van der Waals surface area contributed by atoms with Crippen molar-refractivity contribution in [3.63, 3.8) is 0 Å². The van der Waals surface area contributed by atoms with Crippen molar-refractivity contribution in [3.05, 3.63) is 23.8 Å². The highest BCUT2D eigenvalue weighted by Gasteiger charge is 1.89. The van der Waals surface area contributed by atoms with Crippen molar-refractivity contribution >= 4 is 12.6 Å². The molecule has 0 amide bonds. The molecule has 1 rings (SSSR count). The van der Waals surface area contributed by atoms with Crippen molar-refractivity contribution in [2.45, 2.75) is 12.7 Å². The summed E-state index contributed by atoms with van der Waals surface area (Å²) in [7, 11) is 0. The quantitative estimate of drug-likeness (QED) is 0.593. The van der Waals surface area contributed by atoms with Crippen LogP contribution in [0.25, 0.3) is 0 Å². The largest absolute Gasteiger partial charge is 0.242 e. The molecule has 2 nitrogen and oxygen atoms in total. The smallest absolute Gasteiger partial charge is 0.125 e. The Labute approximate surface area is 59.8 Å². The number of thiol groups is 1. The first-order chi connectivity index (χ1) is 4.33. The first-order valence-corrected chi connectivity index (χ1v) is 3.35. The van der Waals surface area contributed by atoms with Gasteiger partial charge in [-0.15, -0.1) is 0 Å². The molecule has 0 unspecified atom stereocenters. The van der Waals surface area contributed by atoms with Crippen molar-refractivity contribution < 1.29 is 0 Å². The summed E-state index contributed by atoms with van der Waals surface area (Å²) in [6.07, 6.45) is 1.74. The van der Waals surface area contributed by atoms with Crippen LogP contribution < -0.4 is 0 Å². The summed E-state index contributed by atoms with van der Waals surface area (Å²) in [6.45, 7) is 1.87. The van der Waals surface area contributed by atoms with E-state index in [9.17, 15) is 0 Å². The van der Waals surface area contributed by atoms with Crippen LogP contribution in [-0.2, 0) is 5.75 Å². The fraction of sp³-hybridized carbons (Fsp3) is 0.333. The third kappa shape index (κ3) is 1.68. The van der Waals surface area contributed by atoms with Gasteiger partial charge in [0.15, 0.2) is 0 Å². The molecule has 0 saturated heterocycles. The monoisotopic (exact) mass is 140 g/mol. The molecule has 1 aromatic heterocycles. The van der Waals surface area contributed by atoms with Crippen molar-refractivity contribution in [1.82, 2.24) is 9.97 Å². The molecule has 0 aliphatic rings. The summed E-state index contributed by atoms with van der Waals surface area (Å²) in [5, 5.41) is 0. The lowest BCUT2D eigenvalue weighted by Crippen LogP contribution is -1.90. The van der Waals surface area contributed by atoms with Crippen LogP contribution in [0.3, 0.4) is 0 Å². The predicted molar refractivity (Wildman–Crippen MR) is 39.5 cm³/mol. The lowest BCUT2D eigenvalue weighted by atomic mass is 10.4. The van der Waals surface area contributed by atoms with E-state index in [-0.39, 0.29) is 0 Å². The van der Waals surface area contributed by atoms with Gasteiger partial charge in [0.2, 0.25) is 0 Å². The molecule has 0 saturated carbocycles. The average molecular weight is 140 g/mol. The number of aromatic nitrogens is 2. The summed E-state index contributed by atoms with van der Waals surface area (Å²) in [4.78, 5) is 8.05. The highest BCUT2D eigenvalue weighted by atomic mass is 32.1. The second-order valence-corrected chi connectivity index (χ2v) is 2.07. The van der Waals surface area contributed by atoms with E-state index in [1.807, 2.05) is 13.0 Å². The molecule has 9 heavy (non-hydrogen) atoms. The van der Waals surface area contributed by atoms with Crippen LogP contribution in [0.5, 0.6) is 0 Å². The molecule has 0 radical (unpaired) electrons. The Hall–Kier alpha value is -0.570. The maximum Gasteiger partial charge on any atom is 0.125 e. The van der Waals surface area contributed by atoms with Gasteiger partial charge in [-0.25, -0.2) is 9.97 Å². The fourth-order valence-electron chi connectivity index (χ4n) is 0.593. The van der Waals surface area contributed by atoms with Gasteiger partial charge in [0.25, 0.3) is 0 Å². The van der Waals surface area contributed by atoms with Gasteiger partial charge < -0.3 is 0 Å². The maximum atomic E-state index is 4.10. The lowest BCUT2D eigenvalue weighted by Gasteiger charge is -1.93. The molecule has 0 atom stereocenters. The zero-order valence-electron chi connectivity index (χ0n) is 5.20. The van der Waals surface area contributed by atoms with E-state index in [0.717, 1.165) is 11.5 Å². The van der Waals surface area contributed by atoms with Crippen LogP contribution in [0.15, 0.2) is 12.3 Å². The van der Waals surface area contributed by atoms with Crippen molar-refractivity contribution in [1.29, 1.82) is 0 Å². The standard InChI is InChI=1S/C6H8N2S/c1-5-7-3-2-6(4-9)8-5/h2-3,9H,4H2,1H3. The molecule has 0 spiro atoms. The molecular weight excluding hydrogens is 132 g/mol. The molecule has 0 aliphatic carbocycles. The molecular formula is C6H8N2S. The Morgan fingerprint density at radius 2 is 2.44 bits per heavy atom. The van der Waals surface area contributed by atoms with Crippen LogP contribution in [0, 0.1) is 6.92 Å². The number of hydrogen-bond acceptors (Lipinski definition) is 3. The zero-order chi connectivity index (χ0) is 6.69. The van der Waals surface area contributed by atoms with Gasteiger partial charge in [0.05, 0.1) is 5.69 Å². The van der Waals surface area contributed by atoms with E-state index in [1.165, 1.54) is 0 Å². The van der Waals surface area contributed by atoms with Gasteiger partial charge in [-0.2, -0.15) is 12.6 Å². The van der Waals surface area contributed by atoms with E-state index in [2.05, 4.69) is 22.6 Å². The van der Waals surface area contributed by atoms with Crippen LogP contribution in [-0.4, -0.2) is 9.97 Å². The van der Waals surface area contributed by atoms with Crippen molar-refractivity contribution in [3.8, 4) is 0 Å².